The second-order valence-electron chi connectivity index (χ2n) is 5.47. The average Bonchev–Trinajstić information content (AvgIpc) is 2.46. The highest BCUT2D eigenvalue weighted by atomic mass is 19.4. The molecule has 1 amide bonds. The Bertz CT molecular complexity index is 685. The molecular weight excluding hydrogens is 303 g/mol. The number of hydrogen-bond acceptors (Lipinski definition) is 1. The van der Waals surface area contributed by atoms with E-state index in [-0.39, 0.29) is 11.5 Å². The van der Waals surface area contributed by atoms with Gasteiger partial charge in [-0.2, -0.15) is 13.2 Å². The number of alkyl halides is 3. The van der Waals surface area contributed by atoms with Crippen LogP contribution in [-0.4, -0.2) is 12.5 Å². The zero-order valence-corrected chi connectivity index (χ0v) is 13.2. The Labute approximate surface area is 133 Å². The van der Waals surface area contributed by atoms with Gasteiger partial charge in [-0.3, -0.25) is 4.79 Å². The lowest BCUT2D eigenvalue weighted by Gasteiger charge is -2.22. The predicted molar refractivity (Wildman–Crippen MR) is 84.7 cm³/mol. The van der Waals surface area contributed by atoms with Crippen molar-refractivity contribution < 1.29 is 18.0 Å². The first kappa shape index (κ1) is 17.1. The van der Waals surface area contributed by atoms with Crippen LogP contribution in [0.4, 0.5) is 18.9 Å². The second-order valence-corrected chi connectivity index (χ2v) is 5.47. The van der Waals surface area contributed by atoms with Crippen LogP contribution in [0.25, 0.3) is 0 Å². The highest BCUT2D eigenvalue weighted by molar-refractivity contribution is 6.06. The number of amides is 1. The van der Waals surface area contributed by atoms with Crippen LogP contribution in [-0.2, 0) is 6.18 Å². The van der Waals surface area contributed by atoms with Crippen molar-refractivity contribution in [3.05, 3.63) is 64.7 Å². The van der Waals surface area contributed by atoms with Crippen molar-refractivity contribution in [1.82, 2.24) is 0 Å². The van der Waals surface area contributed by atoms with Crippen LogP contribution in [0.15, 0.2) is 42.5 Å². The number of carbonyl (C=O) groups excluding carboxylic acids is 1. The fourth-order valence-corrected chi connectivity index (χ4v) is 2.51. The molecule has 122 valence electrons. The molecule has 0 bridgehead atoms. The quantitative estimate of drug-likeness (QED) is 0.780. The standard InChI is InChI=1S/C18H18F3NO/c1-4-22(16-10-12(2)9-13(3)11-16)17(23)14-5-7-15(8-6-14)18(19,20)21/h5-11H,4H2,1-3H3. The van der Waals surface area contributed by atoms with Crippen LogP contribution in [0.1, 0.15) is 34.0 Å². The smallest absolute Gasteiger partial charge is 0.309 e. The molecule has 2 nitrogen and oxygen atoms in total. The van der Waals surface area contributed by atoms with Gasteiger partial charge in [0.1, 0.15) is 0 Å². The van der Waals surface area contributed by atoms with Crippen LogP contribution >= 0.6 is 0 Å². The topological polar surface area (TPSA) is 20.3 Å². The Hall–Kier alpha value is -2.30. The first-order valence-corrected chi connectivity index (χ1v) is 7.30. The lowest BCUT2D eigenvalue weighted by atomic mass is 10.1. The predicted octanol–water partition coefficient (Wildman–Crippen LogP) is 4.99. The number of hydrogen-bond donors (Lipinski definition) is 0. The number of rotatable bonds is 3. The molecule has 0 radical (unpaired) electrons. The van der Waals surface area contributed by atoms with Gasteiger partial charge in [-0.1, -0.05) is 6.07 Å². The van der Waals surface area contributed by atoms with E-state index in [2.05, 4.69) is 0 Å². The van der Waals surface area contributed by atoms with Gasteiger partial charge >= 0.3 is 6.18 Å². The number of nitrogens with zero attached hydrogens (tertiary/aromatic N) is 1. The fraction of sp³-hybridized carbons (Fsp3) is 0.278. The molecule has 0 saturated heterocycles. The third-order valence-corrected chi connectivity index (χ3v) is 3.54. The zero-order chi connectivity index (χ0) is 17.2. The zero-order valence-electron chi connectivity index (χ0n) is 13.2. The van der Waals surface area contributed by atoms with Crippen molar-refractivity contribution in [2.75, 3.05) is 11.4 Å². The molecule has 2 aromatic carbocycles. The third kappa shape index (κ3) is 3.92. The number of aryl methyl sites for hydroxylation is 2. The highest BCUT2D eigenvalue weighted by Gasteiger charge is 2.30. The normalized spacial score (nSPS) is 11.4. The minimum atomic E-state index is -4.40. The largest absolute Gasteiger partial charge is 0.416 e. The lowest BCUT2D eigenvalue weighted by Crippen LogP contribution is -2.30. The van der Waals surface area contributed by atoms with Gasteiger partial charge in [0.2, 0.25) is 0 Å². The van der Waals surface area contributed by atoms with E-state index in [0.29, 0.717) is 6.54 Å². The van der Waals surface area contributed by atoms with E-state index in [1.165, 1.54) is 12.1 Å². The van der Waals surface area contributed by atoms with Gasteiger partial charge in [0.25, 0.3) is 5.91 Å². The minimum Gasteiger partial charge on any atom is -0.309 e. The SMILES string of the molecule is CCN(C(=O)c1ccc(C(F)(F)F)cc1)c1cc(C)cc(C)c1. The van der Waals surface area contributed by atoms with Crippen molar-refractivity contribution in [2.45, 2.75) is 26.9 Å². The van der Waals surface area contributed by atoms with Gasteiger partial charge in [0.15, 0.2) is 0 Å². The molecule has 2 aromatic rings. The Kier molecular flexibility index (Phi) is 4.78. The van der Waals surface area contributed by atoms with Gasteiger partial charge < -0.3 is 4.90 Å². The van der Waals surface area contributed by atoms with E-state index in [0.717, 1.165) is 28.9 Å². The Morgan fingerprint density at radius 1 is 1.00 bits per heavy atom. The van der Waals surface area contributed by atoms with Crippen molar-refractivity contribution in [3.8, 4) is 0 Å². The molecule has 0 aliphatic rings. The summed E-state index contributed by atoms with van der Waals surface area (Å²) in [7, 11) is 0. The van der Waals surface area contributed by atoms with Gasteiger partial charge in [0, 0.05) is 17.8 Å². The molecule has 0 aliphatic carbocycles. The van der Waals surface area contributed by atoms with E-state index >= 15 is 0 Å². The number of halogens is 3. The van der Waals surface area contributed by atoms with Gasteiger partial charge in [-0.25, -0.2) is 0 Å². The van der Waals surface area contributed by atoms with Crippen molar-refractivity contribution in [3.63, 3.8) is 0 Å². The lowest BCUT2D eigenvalue weighted by molar-refractivity contribution is -0.137. The van der Waals surface area contributed by atoms with E-state index in [1.807, 2.05) is 39.0 Å². The summed E-state index contributed by atoms with van der Waals surface area (Å²) in [4.78, 5) is 14.2. The van der Waals surface area contributed by atoms with Crippen LogP contribution in [0.5, 0.6) is 0 Å². The van der Waals surface area contributed by atoms with Crippen LogP contribution < -0.4 is 4.90 Å². The maximum absolute atomic E-state index is 12.6. The highest BCUT2D eigenvalue weighted by Crippen LogP contribution is 2.29. The average molecular weight is 321 g/mol. The van der Waals surface area contributed by atoms with E-state index < -0.39 is 11.7 Å². The van der Waals surface area contributed by atoms with Crippen LogP contribution in [0.3, 0.4) is 0 Å². The molecule has 0 saturated carbocycles. The maximum Gasteiger partial charge on any atom is 0.416 e. The van der Waals surface area contributed by atoms with E-state index in [9.17, 15) is 18.0 Å². The molecule has 23 heavy (non-hydrogen) atoms. The van der Waals surface area contributed by atoms with Crippen LogP contribution in [0.2, 0.25) is 0 Å². The molecule has 0 fully saturated rings. The van der Waals surface area contributed by atoms with Crippen molar-refractivity contribution in [1.29, 1.82) is 0 Å². The summed E-state index contributed by atoms with van der Waals surface area (Å²) in [6, 6.07) is 10.1. The Balaban J connectivity index is 2.33. The molecule has 0 aliphatic heterocycles. The summed E-state index contributed by atoms with van der Waals surface area (Å²) in [6.07, 6.45) is -4.40. The number of carbonyl (C=O) groups is 1. The Morgan fingerprint density at radius 2 is 1.52 bits per heavy atom. The molecule has 0 unspecified atom stereocenters. The van der Waals surface area contributed by atoms with Crippen molar-refractivity contribution >= 4 is 11.6 Å². The summed E-state index contributed by atoms with van der Waals surface area (Å²) >= 11 is 0. The molecule has 0 heterocycles. The van der Waals surface area contributed by atoms with Gasteiger partial charge in [0.05, 0.1) is 5.56 Å². The van der Waals surface area contributed by atoms with E-state index in [4.69, 9.17) is 0 Å². The fourth-order valence-electron chi connectivity index (χ4n) is 2.51. The second kappa shape index (κ2) is 6.44. The summed E-state index contributed by atoms with van der Waals surface area (Å²) < 4.78 is 37.8. The maximum atomic E-state index is 12.6. The molecule has 0 spiro atoms. The molecule has 5 heteroatoms. The summed E-state index contributed by atoms with van der Waals surface area (Å²) in [5.41, 5.74) is 2.27. The first-order valence-electron chi connectivity index (χ1n) is 7.30. The molecule has 2 rings (SSSR count). The van der Waals surface area contributed by atoms with Gasteiger partial charge in [-0.05, 0) is 68.3 Å². The van der Waals surface area contributed by atoms with Gasteiger partial charge in [-0.15, -0.1) is 0 Å². The van der Waals surface area contributed by atoms with E-state index in [1.54, 1.807) is 4.90 Å². The first-order chi connectivity index (χ1) is 10.7. The minimum absolute atomic E-state index is 0.235. The number of anilines is 1. The molecule has 0 atom stereocenters. The summed E-state index contributed by atoms with van der Waals surface area (Å²) in [5.74, 6) is -0.314. The summed E-state index contributed by atoms with van der Waals surface area (Å²) in [6.45, 7) is 6.14. The monoisotopic (exact) mass is 321 g/mol. The van der Waals surface area contributed by atoms with Crippen LogP contribution in [0, 0.1) is 13.8 Å². The molecule has 0 N–H and O–H groups in total. The third-order valence-electron chi connectivity index (χ3n) is 3.54. The molecular formula is C18H18F3NO. The molecule has 0 aromatic heterocycles. The number of benzene rings is 2. The Morgan fingerprint density at radius 3 is 1.96 bits per heavy atom. The van der Waals surface area contributed by atoms with Crippen molar-refractivity contribution in [2.24, 2.45) is 0 Å². The summed E-state index contributed by atoms with van der Waals surface area (Å²) in [5, 5.41) is 0.